The van der Waals surface area contributed by atoms with Crippen molar-refractivity contribution < 1.29 is 14.7 Å². The van der Waals surface area contributed by atoms with Crippen LogP contribution in [0.25, 0.3) is 0 Å². The summed E-state index contributed by atoms with van der Waals surface area (Å²) in [4.78, 5) is 25.3. The Labute approximate surface area is 151 Å². The first kappa shape index (κ1) is 18.8. The summed E-state index contributed by atoms with van der Waals surface area (Å²) in [6, 6.07) is 11.7. The van der Waals surface area contributed by atoms with E-state index in [1.807, 2.05) is 0 Å². The molecule has 25 heavy (non-hydrogen) atoms. The molecule has 0 radical (unpaired) electrons. The Balaban J connectivity index is 1.93. The zero-order chi connectivity index (χ0) is 18.4. The Hall–Kier alpha value is -2.57. The van der Waals surface area contributed by atoms with Gasteiger partial charge < -0.3 is 20.6 Å². The summed E-state index contributed by atoms with van der Waals surface area (Å²) in [5.41, 5.74) is 2.43. The van der Waals surface area contributed by atoms with Crippen molar-refractivity contribution in [3.05, 3.63) is 58.6 Å². The summed E-state index contributed by atoms with van der Waals surface area (Å²) in [7, 11) is 3.36. The van der Waals surface area contributed by atoms with E-state index in [1.165, 1.54) is 4.90 Å². The molecule has 2 rings (SSSR count). The summed E-state index contributed by atoms with van der Waals surface area (Å²) in [6.45, 7) is -0.0803. The third kappa shape index (κ3) is 5.20. The molecular formula is C18H20ClN3O3. The van der Waals surface area contributed by atoms with Crippen molar-refractivity contribution in [1.82, 2.24) is 4.90 Å². The molecule has 6 nitrogen and oxygen atoms in total. The molecule has 0 heterocycles. The molecule has 0 aliphatic heterocycles. The predicted molar refractivity (Wildman–Crippen MR) is 99.0 cm³/mol. The Morgan fingerprint density at radius 3 is 2.40 bits per heavy atom. The number of hydrogen-bond acceptors (Lipinski definition) is 4. The Morgan fingerprint density at radius 1 is 1.12 bits per heavy atom. The molecule has 0 atom stereocenters. The van der Waals surface area contributed by atoms with E-state index >= 15 is 0 Å². The highest BCUT2D eigenvalue weighted by atomic mass is 35.5. The number of amides is 2. The molecule has 2 aromatic carbocycles. The van der Waals surface area contributed by atoms with Gasteiger partial charge in [0, 0.05) is 25.3 Å². The molecule has 0 unspecified atom stereocenters. The number of hydrogen-bond donors (Lipinski definition) is 3. The van der Waals surface area contributed by atoms with Crippen LogP contribution in [0.1, 0.15) is 15.9 Å². The third-order valence-corrected chi connectivity index (χ3v) is 3.80. The molecule has 2 aromatic rings. The van der Waals surface area contributed by atoms with Crippen molar-refractivity contribution in [2.24, 2.45) is 0 Å². The number of nitrogens with one attached hydrogen (secondary N) is 2. The van der Waals surface area contributed by atoms with Crippen LogP contribution in [0.5, 0.6) is 0 Å². The first-order valence-electron chi connectivity index (χ1n) is 7.65. The molecule has 132 valence electrons. The highest BCUT2D eigenvalue weighted by molar-refractivity contribution is 6.33. The van der Waals surface area contributed by atoms with Crippen molar-refractivity contribution in [3.8, 4) is 0 Å². The van der Waals surface area contributed by atoms with Crippen LogP contribution in [0.2, 0.25) is 5.02 Å². The largest absolute Gasteiger partial charge is 0.392 e. The fourth-order valence-corrected chi connectivity index (χ4v) is 2.33. The van der Waals surface area contributed by atoms with Crippen LogP contribution >= 0.6 is 11.6 Å². The van der Waals surface area contributed by atoms with E-state index in [0.29, 0.717) is 27.5 Å². The van der Waals surface area contributed by atoms with Crippen LogP contribution in [-0.2, 0) is 11.4 Å². The van der Waals surface area contributed by atoms with E-state index in [2.05, 4.69) is 10.6 Å². The van der Waals surface area contributed by atoms with Crippen molar-refractivity contribution in [2.45, 2.75) is 6.61 Å². The standard InChI is InChI=1S/C18H20ClN3O3/c1-22(2)18(25)13-4-6-14(7-5-13)21-17(24)10-20-16-9-12(11-23)3-8-15(16)19/h3-9,20,23H,10-11H2,1-2H3,(H,21,24). The van der Waals surface area contributed by atoms with Gasteiger partial charge >= 0.3 is 0 Å². The number of aliphatic hydroxyl groups is 1. The summed E-state index contributed by atoms with van der Waals surface area (Å²) in [5.74, 6) is -0.352. The zero-order valence-corrected chi connectivity index (χ0v) is 14.8. The number of anilines is 2. The van der Waals surface area contributed by atoms with Crippen LogP contribution in [-0.4, -0.2) is 42.5 Å². The third-order valence-electron chi connectivity index (χ3n) is 3.47. The monoisotopic (exact) mass is 361 g/mol. The van der Waals surface area contributed by atoms with Crippen molar-refractivity contribution in [1.29, 1.82) is 0 Å². The van der Waals surface area contributed by atoms with Gasteiger partial charge in [0.2, 0.25) is 5.91 Å². The minimum atomic E-state index is -0.253. The van der Waals surface area contributed by atoms with E-state index in [4.69, 9.17) is 16.7 Å². The molecule has 0 fully saturated rings. The van der Waals surface area contributed by atoms with Gasteiger partial charge in [0.25, 0.3) is 5.91 Å². The second-order valence-corrected chi connectivity index (χ2v) is 6.06. The van der Waals surface area contributed by atoms with Crippen LogP contribution < -0.4 is 10.6 Å². The molecule has 7 heteroatoms. The van der Waals surface area contributed by atoms with Gasteiger partial charge in [-0.05, 0) is 42.0 Å². The smallest absolute Gasteiger partial charge is 0.253 e. The first-order valence-corrected chi connectivity index (χ1v) is 8.03. The lowest BCUT2D eigenvalue weighted by atomic mass is 10.2. The summed E-state index contributed by atoms with van der Waals surface area (Å²) in [6.07, 6.45) is 0. The van der Waals surface area contributed by atoms with Crippen LogP contribution in [0.4, 0.5) is 11.4 Å². The highest BCUT2D eigenvalue weighted by Gasteiger charge is 2.09. The molecule has 0 saturated heterocycles. The van der Waals surface area contributed by atoms with Gasteiger partial charge in [-0.3, -0.25) is 9.59 Å². The molecule has 0 bridgehead atoms. The first-order chi connectivity index (χ1) is 11.9. The topological polar surface area (TPSA) is 81.7 Å². The number of halogens is 1. The zero-order valence-electron chi connectivity index (χ0n) is 14.0. The van der Waals surface area contributed by atoms with Crippen molar-refractivity contribution >= 4 is 34.8 Å². The number of carbonyl (C=O) groups excluding carboxylic acids is 2. The van der Waals surface area contributed by atoms with Crippen LogP contribution in [0.3, 0.4) is 0 Å². The average Bonchev–Trinajstić information content (AvgIpc) is 2.61. The van der Waals surface area contributed by atoms with E-state index in [1.54, 1.807) is 56.6 Å². The van der Waals surface area contributed by atoms with E-state index < -0.39 is 0 Å². The molecule has 3 N–H and O–H groups in total. The Bertz CT molecular complexity index is 761. The molecule has 0 saturated carbocycles. The maximum atomic E-state index is 12.0. The fraction of sp³-hybridized carbons (Fsp3) is 0.222. The average molecular weight is 362 g/mol. The second-order valence-electron chi connectivity index (χ2n) is 5.65. The van der Waals surface area contributed by atoms with Crippen molar-refractivity contribution in [2.75, 3.05) is 31.3 Å². The maximum absolute atomic E-state index is 12.0. The summed E-state index contributed by atoms with van der Waals surface area (Å²) < 4.78 is 0. The van der Waals surface area contributed by atoms with Gasteiger partial charge in [0.1, 0.15) is 0 Å². The van der Waals surface area contributed by atoms with Gasteiger partial charge in [0.05, 0.1) is 23.9 Å². The van der Waals surface area contributed by atoms with Gasteiger partial charge in [0.15, 0.2) is 0 Å². The Kier molecular flexibility index (Phi) is 6.38. The number of aliphatic hydroxyl groups excluding tert-OH is 1. The number of rotatable bonds is 6. The van der Waals surface area contributed by atoms with E-state index in [9.17, 15) is 9.59 Å². The molecule has 0 spiro atoms. The van der Waals surface area contributed by atoms with Gasteiger partial charge in [-0.1, -0.05) is 17.7 Å². The number of nitrogens with zero attached hydrogens (tertiary/aromatic N) is 1. The lowest BCUT2D eigenvalue weighted by Crippen LogP contribution is -2.23. The van der Waals surface area contributed by atoms with Crippen LogP contribution in [0.15, 0.2) is 42.5 Å². The molecule has 0 aromatic heterocycles. The quantitative estimate of drug-likeness (QED) is 0.738. The molecule has 0 aliphatic rings. The van der Waals surface area contributed by atoms with Gasteiger partial charge in [-0.15, -0.1) is 0 Å². The normalized spacial score (nSPS) is 10.2. The fourth-order valence-electron chi connectivity index (χ4n) is 2.14. The lowest BCUT2D eigenvalue weighted by Gasteiger charge is -2.12. The molecule has 2 amide bonds. The minimum absolute atomic E-state index is 0.0208. The lowest BCUT2D eigenvalue weighted by molar-refractivity contribution is -0.114. The highest BCUT2D eigenvalue weighted by Crippen LogP contribution is 2.23. The van der Waals surface area contributed by atoms with Gasteiger partial charge in [-0.25, -0.2) is 0 Å². The van der Waals surface area contributed by atoms with Gasteiger partial charge in [-0.2, -0.15) is 0 Å². The summed E-state index contributed by atoms with van der Waals surface area (Å²) >= 11 is 6.06. The molecular weight excluding hydrogens is 342 g/mol. The van der Waals surface area contributed by atoms with Crippen LogP contribution in [0, 0.1) is 0 Å². The second kappa shape index (κ2) is 8.50. The SMILES string of the molecule is CN(C)C(=O)c1ccc(NC(=O)CNc2cc(CO)ccc2Cl)cc1. The predicted octanol–water partition coefficient (Wildman–Crippen LogP) is 2.58. The van der Waals surface area contributed by atoms with E-state index in [0.717, 1.165) is 0 Å². The molecule has 0 aliphatic carbocycles. The van der Waals surface area contributed by atoms with E-state index in [-0.39, 0.29) is 25.0 Å². The maximum Gasteiger partial charge on any atom is 0.253 e. The number of carbonyl (C=O) groups is 2. The Morgan fingerprint density at radius 2 is 1.80 bits per heavy atom. The summed E-state index contributed by atoms with van der Waals surface area (Å²) in [5, 5.41) is 15.3. The van der Waals surface area contributed by atoms with Crippen molar-refractivity contribution in [3.63, 3.8) is 0 Å². The number of benzene rings is 2. The minimum Gasteiger partial charge on any atom is -0.392 e.